The van der Waals surface area contributed by atoms with Gasteiger partial charge in [-0.2, -0.15) is 0 Å². The van der Waals surface area contributed by atoms with Crippen molar-refractivity contribution in [1.29, 1.82) is 0 Å². The summed E-state index contributed by atoms with van der Waals surface area (Å²) in [5.41, 5.74) is 1.03. The second kappa shape index (κ2) is 6.39. The maximum atomic E-state index is 11.8. The van der Waals surface area contributed by atoms with Crippen molar-refractivity contribution in [3.05, 3.63) is 70.1 Å². The molecule has 4 heteroatoms. The van der Waals surface area contributed by atoms with Crippen molar-refractivity contribution in [2.75, 3.05) is 6.54 Å². The van der Waals surface area contributed by atoms with Gasteiger partial charge in [-0.15, -0.1) is 0 Å². The van der Waals surface area contributed by atoms with E-state index in [1.54, 1.807) is 19.3 Å². The molecule has 1 amide bonds. The molecule has 2 rings (SSSR count). The summed E-state index contributed by atoms with van der Waals surface area (Å²) < 4.78 is 1.41. The minimum Gasteiger partial charge on any atom is -0.341 e. The Hall–Kier alpha value is -2.80. The van der Waals surface area contributed by atoms with Crippen molar-refractivity contribution in [2.24, 2.45) is 7.05 Å². The standard InChI is InChI=1S/C16H14N2O2/c1-18-11-9-14(12-15(18)19)16(20)17-10-5-8-13-6-3-2-4-7-13/h2-4,6-7,9,11-12H,10H2,1H3,(H,17,20). The smallest absolute Gasteiger partial charge is 0.252 e. The second-order valence-electron chi connectivity index (χ2n) is 4.22. The normalized spacial score (nSPS) is 9.45. The highest BCUT2D eigenvalue weighted by atomic mass is 16.2. The molecule has 0 saturated heterocycles. The maximum absolute atomic E-state index is 11.8. The van der Waals surface area contributed by atoms with Gasteiger partial charge >= 0.3 is 0 Å². The average molecular weight is 266 g/mol. The third-order valence-corrected chi connectivity index (χ3v) is 2.71. The Morgan fingerprint density at radius 3 is 2.70 bits per heavy atom. The zero-order valence-corrected chi connectivity index (χ0v) is 11.1. The Morgan fingerprint density at radius 1 is 1.25 bits per heavy atom. The molecule has 0 unspecified atom stereocenters. The number of nitrogens with one attached hydrogen (secondary N) is 1. The van der Waals surface area contributed by atoms with E-state index in [1.807, 2.05) is 30.3 Å². The Labute approximate surface area is 117 Å². The van der Waals surface area contributed by atoms with Crippen LogP contribution in [0.4, 0.5) is 0 Å². The van der Waals surface area contributed by atoms with Crippen LogP contribution < -0.4 is 10.9 Å². The van der Waals surface area contributed by atoms with E-state index < -0.39 is 0 Å². The van der Waals surface area contributed by atoms with Gasteiger partial charge in [0.2, 0.25) is 0 Å². The van der Waals surface area contributed by atoms with E-state index >= 15 is 0 Å². The summed E-state index contributed by atoms with van der Waals surface area (Å²) in [5, 5.41) is 2.66. The van der Waals surface area contributed by atoms with Crippen LogP contribution in [-0.2, 0) is 7.05 Å². The number of pyridine rings is 1. The second-order valence-corrected chi connectivity index (χ2v) is 4.22. The summed E-state index contributed by atoms with van der Waals surface area (Å²) in [5.74, 6) is 5.50. The van der Waals surface area contributed by atoms with Crippen molar-refractivity contribution >= 4 is 5.91 Å². The highest BCUT2D eigenvalue weighted by molar-refractivity contribution is 5.94. The molecule has 0 atom stereocenters. The number of carbonyl (C=O) groups excluding carboxylic acids is 1. The fourth-order valence-corrected chi connectivity index (χ4v) is 1.58. The number of aryl methyl sites for hydroxylation is 1. The van der Waals surface area contributed by atoms with Crippen LogP contribution in [0.1, 0.15) is 15.9 Å². The van der Waals surface area contributed by atoms with E-state index in [1.165, 1.54) is 10.6 Å². The molecule has 0 bridgehead atoms. The lowest BCUT2D eigenvalue weighted by molar-refractivity contribution is 0.0958. The molecule has 0 spiro atoms. The fraction of sp³-hybridized carbons (Fsp3) is 0.125. The topological polar surface area (TPSA) is 51.1 Å². The predicted molar refractivity (Wildman–Crippen MR) is 77.3 cm³/mol. The van der Waals surface area contributed by atoms with Gasteiger partial charge < -0.3 is 9.88 Å². The van der Waals surface area contributed by atoms with Crippen LogP contribution in [0.25, 0.3) is 0 Å². The van der Waals surface area contributed by atoms with Crippen LogP contribution in [0.2, 0.25) is 0 Å². The van der Waals surface area contributed by atoms with Gasteiger partial charge in [0.25, 0.3) is 11.5 Å². The van der Waals surface area contributed by atoms with Crippen LogP contribution in [0.15, 0.2) is 53.5 Å². The van der Waals surface area contributed by atoms with Gasteiger partial charge in [0.1, 0.15) is 0 Å². The van der Waals surface area contributed by atoms with E-state index in [-0.39, 0.29) is 18.0 Å². The molecule has 20 heavy (non-hydrogen) atoms. The first-order valence-electron chi connectivity index (χ1n) is 6.15. The van der Waals surface area contributed by atoms with Gasteiger partial charge in [-0.05, 0) is 18.2 Å². The molecule has 0 radical (unpaired) electrons. The quantitative estimate of drug-likeness (QED) is 0.829. The predicted octanol–water partition coefficient (Wildman–Crippen LogP) is 1.17. The molecule has 1 N–H and O–H groups in total. The van der Waals surface area contributed by atoms with E-state index in [9.17, 15) is 9.59 Å². The minimum atomic E-state index is -0.301. The molecule has 0 aliphatic heterocycles. The van der Waals surface area contributed by atoms with Crippen molar-refractivity contribution in [2.45, 2.75) is 0 Å². The molecule has 1 heterocycles. The number of aromatic nitrogens is 1. The lowest BCUT2D eigenvalue weighted by Gasteiger charge is -2.02. The largest absolute Gasteiger partial charge is 0.341 e. The van der Waals surface area contributed by atoms with Gasteiger partial charge in [-0.25, -0.2) is 0 Å². The molecular formula is C16H14N2O2. The van der Waals surface area contributed by atoms with E-state index in [0.717, 1.165) is 5.56 Å². The third-order valence-electron chi connectivity index (χ3n) is 2.71. The molecule has 2 aromatic rings. The maximum Gasteiger partial charge on any atom is 0.252 e. The highest BCUT2D eigenvalue weighted by Gasteiger charge is 2.04. The Morgan fingerprint density at radius 2 is 2.00 bits per heavy atom. The molecular weight excluding hydrogens is 252 g/mol. The molecule has 4 nitrogen and oxygen atoms in total. The van der Waals surface area contributed by atoms with Crippen molar-refractivity contribution in [3.8, 4) is 11.8 Å². The van der Waals surface area contributed by atoms with E-state index in [0.29, 0.717) is 5.56 Å². The first-order valence-corrected chi connectivity index (χ1v) is 6.15. The molecule has 0 aliphatic rings. The number of benzene rings is 1. The number of hydrogen-bond donors (Lipinski definition) is 1. The number of hydrogen-bond acceptors (Lipinski definition) is 2. The summed E-state index contributed by atoms with van der Waals surface area (Å²) in [4.78, 5) is 23.2. The first kappa shape index (κ1) is 13.6. The van der Waals surface area contributed by atoms with Crippen LogP contribution in [0.5, 0.6) is 0 Å². The van der Waals surface area contributed by atoms with Gasteiger partial charge in [0, 0.05) is 30.4 Å². The number of rotatable bonds is 2. The monoisotopic (exact) mass is 266 g/mol. The average Bonchev–Trinajstić information content (AvgIpc) is 2.47. The number of amides is 1. The van der Waals surface area contributed by atoms with Gasteiger partial charge in [-0.1, -0.05) is 30.0 Å². The third kappa shape index (κ3) is 3.59. The lowest BCUT2D eigenvalue weighted by Crippen LogP contribution is -2.26. The van der Waals surface area contributed by atoms with Crippen LogP contribution in [-0.4, -0.2) is 17.0 Å². The Balaban J connectivity index is 1.94. The van der Waals surface area contributed by atoms with Crippen LogP contribution in [0.3, 0.4) is 0 Å². The Kier molecular flexibility index (Phi) is 4.35. The van der Waals surface area contributed by atoms with Crippen molar-refractivity contribution in [1.82, 2.24) is 9.88 Å². The number of nitrogens with zero attached hydrogens (tertiary/aromatic N) is 1. The zero-order chi connectivity index (χ0) is 14.4. The molecule has 0 aliphatic carbocycles. The lowest BCUT2D eigenvalue weighted by atomic mass is 10.2. The zero-order valence-electron chi connectivity index (χ0n) is 11.1. The molecule has 1 aromatic carbocycles. The molecule has 0 fully saturated rings. The summed E-state index contributed by atoms with van der Waals surface area (Å²) >= 11 is 0. The Bertz CT molecular complexity index is 721. The summed E-state index contributed by atoms with van der Waals surface area (Å²) in [6, 6.07) is 12.4. The molecule has 100 valence electrons. The fourth-order valence-electron chi connectivity index (χ4n) is 1.58. The van der Waals surface area contributed by atoms with E-state index in [4.69, 9.17) is 0 Å². The van der Waals surface area contributed by atoms with Gasteiger partial charge in [0.15, 0.2) is 0 Å². The van der Waals surface area contributed by atoms with Crippen LogP contribution >= 0.6 is 0 Å². The molecule has 1 aromatic heterocycles. The molecule has 0 saturated carbocycles. The van der Waals surface area contributed by atoms with Gasteiger partial charge in [-0.3, -0.25) is 9.59 Å². The van der Waals surface area contributed by atoms with Crippen molar-refractivity contribution < 1.29 is 4.79 Å². The summed E-state index contributed by atoms with van der Waals surface area (Å²) in [6.45, 7) is 0.239. The van der Waals surface area contributed by atoms with E-state index in [2.05, 4.69) is 17.2 Å². The first-order chi connectivity index (χ1) is 9.66. The van der Waals surface area contributed by atoms with Gasteiger partial charge in [0.05, 0.1) is 6.54 Å². The van der Waals surface area contributed by atoms with Crippen LogP contribution in [0, 0.1) is 11.8 Å². The summed E-state index contributed by atoms with van der Waals surface area (Å²) in [6.07, 6.45) is 1.56. The summed E-state index contributed by atoms with van der Waals surface area (Å²) in [7, 11) is 1.63. The minimum absolute atomic E-state index is 0.215. The van der Waals surface area contributed by atoms with Crippen molar-refractivity contribution in [3.63, 3.8) is 0 Å². The SMILES string of the molecule is Cn1ccc(C(=O)NCC#Cc2ccccc2)cc1=O. The highest BCUT2D eigenvalue weighted by Crippen LogP contribution is 1.95. The number of carbonyl (C=O) groups is 1.